The fourth-order valence-corrected chi connectivity index (χ4v) is 2.52. The summed E-state index contributed by atoms with van der Waals surface area (Å²) < 4.78 is 21.1. The van der Waals surface area contributed by atoms with E-state index in [2.05, 4.69) is 15.5 Å². The van der Waals surface area contributed by atoms with E-state index >= 15 is 0 Å². The van der Waals surface area contributed by atoms with Crippen molar-refractivity contribution in [1.82, 2.24) is 10.2 Å². The van der Waals surface area contributed by atoms with Gasteiger partial charge in [-0.2, -0.15) is 0 Å². The van der Waals surface area contributed by atoms with Crippen LogP contribution in [0, 0.1) is 0 Å². The van der Waals surface area contributed by atoms with Crippen LogP contribution in [0.3, 0.4) is 0 Å². The molecular formula is C14H15N3O5S. The number of fused-ring (bicyclic) bond motifs is 1. The Labute approximate surface area is 136 Å². The molecule has 0 bridgehead atoms. The van der Waals surface area contributed by atoms with Crippen LogP contribution in [-0.4, -0.2) is 36.1 Å². The zero-order valence-electron chi connectivity index (χ0n) is 12.4. The molecule has 0 aliphatic carbocycles. The molecule has 1 aliphatic rings. The summed E-state index contributed by atoms with van der Waals surface area (Å²) in [6.45, 7) is 2.94. The zero-order valence-corrected chi connectivity index (χ0v) is 13.2. The Bertz CT molecular complexity index is 691. The largest absolute Gasteiger partial charge is 0.484 e. The van der Waals surface area contributed by atoms with Gasteiger partial charge in [0.25, 0.3) is 5.91 Å². The van der Waals surface area contributed by atoms with Crippen LogP contribution >= 0.6 is 11.3 Å². The van der Waals surface area contributed by atoms with Crippen molar-refractivity contribution >= 4 is 22.4 Å². The maximum Gasteiger partial charge on any atom is 0.264 e. The average Bonchev–Trinajstić information content (AvgIpc) is 3.19. The van der Waals surface area contributed by atoms with Crippen LogP contribution in [0.4, 0.5) is 5.13 Å². The molecule has 1 N–H and O–H groups in total. The summed E-state index contributed by atoms with van der Waals surface area (Å²) in [5.74, 6) is 1.48. The molecule has 1 amide bonds. The molecule has 0 spiro atoms. The highest BCUT2D eigenvalue weighted by molar-refractivity contribution is 7.15. The van der Waals surface area contributed by atoms with Crippen molar-refractivity contribution in [3.63, 3.8) is 0 Å². The van der Waals surface area contributed by atoms with E-state index in [0.29, 0.717) is 40.6 Å². The van der Waals surface area contributed by atoms with Crippen LogP contribution in [-0.2, 0) is 16.1 Å². The van der Waals surface area contributed by atoms with Crippen LogP contribution in [0.5, 0.6) is 17.2 Å². The predicted octanol–water partition coefficient (Wildman–Crippen LogP) is 1.82. The van der Waals surface area contributed by atoms with Gasteiger partial charge in [-0.1, -0.05) is 11.3 Å². The second kappa shape index (κ2) is 7.25. The van der Waals surface area contributed by atoms with Gasteiger partial charge >= 0.3 is 0 Å². The molecule has 1 aromatic carbocycles. The van der Waals surface area contributed by atoms with E-state index in [1.807, 2.05) is 6.92 Å². The maximum atomic E-state index is 11.9. The maximum absolute atomic E-state index is 11.9. The van der Waals surface area contributed by atoms with Crippen LogP contribution in [0.25, 0.3) is 0 Å². The molecule has 1 aromatic heterocycles. The third-order valence-corrected chi connectivity index (χ3v) is 3.67. The number of carbonyl (C=O) groups excluding carboxylic acids is 1. The van der Waals surface area contributed by atoms with E-state index in [9.17, 15) is 4.79 Å². The molecule has 2 heterocycles. The van der Waals surface area contributed by atoms with Gasteiger partial charge in [0.2, 0.25) is 11.9 Å². The van der Waals surface area contributed by atoms with Crippen LogP contribution in [0.2, 0.25) is 0 Å². The SMILES string of the molecule is CCOCc1nnc(NC(=O)COc2ccc3c(c2)OCO3)s1. The monoisotopic (exact) mass is 337 g/mol. The van der Waals surface area contributed by atoms with Crippen molar-refractivity contribution in [2.75, 3.05) is 25.3 Å². The van der Waals surface area contributed by atoms with Gasteiger partial charge in [-0.05, 0) is 19.1 Å². The molecule has 9 heteroatoms. The van der Waals surface area contributed by atoms with Gasteiger partial charge in [0.1, 0.15) is 17.4 Å². The number of carbonyl (C=O) groups is 1. The quantitative estimate of drug-likeness (QED) is 0.824. The molecule has 3 rings (SSSR count). The highest BCUT2D eigenvalue weighted by atomic mass is 32.1. The first kappa shape index (κ1) is 15.5. The molecule has 0 unspecified atom stereocenters. The minimum Gasteiger partial charge on any atom is -0.484 e. The Balaban J connectivity index is 1.48. The number of amides is 1. The van der Waals surface area contributed by atoms with E-state index in [4.69, 9.17) is 18.9 Å². The Kier molecular flexibility index (Phi) is 4.89. The fourth-order valence-electron chi connectivity index (χ4n) is 1.82. The summed E-state index contributed by atoms with van der Waals surface area (Å²) in [5, 5.41) is 11.6. The van der Waals surface area contributed by atoms with Gasteiger partial charge in [0.05, 0.1) is 0 Å². The fraction of sp³-hybridized carbons (Fsp3) is 0.357. The molecule has 0 saturated heterocycles. The van der Waals surface area contributed by atoms with Crippen molar-refractivity contribution < 1.29 is 23.7 Å². The van der Waals surface area contributed by atoms with Gasteiger partial charge in [-0.25, -0.2) is 0 Å². The minimum absolute atomic E-state index is 0.139. The Morgan fingerprint density at radius 3 is 3.09 bits per heavy atom. The Morgan fingerprint density at radius 2 is 2.22 bits per heavy atom. The first-order chi connectivity index (χ1) is 11.2. The summed E-state index contributed by atoms with van der Waals surface area (Å²) in [6.07, 6.45) is 0. The Morgan fingerprint density at radius 1 is 1.35 bits per heavy atom. The third kappa shape index (κ3) is 4.08. The second-order valence-corrected chi connectivity index (χ2v) is 5.55. The summed E-state index contributed by atoms with van der Waals surface area (Å²) in [5.41, 5.74) is 0. The lowest BCUT2D eigenvalue weighted by Crippen LogP contribution is -2.20. The van der Waals surface area contributed by atoms with Crippen molar-refractivity contribution in [2.45, 2.75) is 13.5 Å². The molecule has 1 aliphatic heterocycles. The first-order valence-electron chi connectivity index (χ1n) is 6.97. The highest BCUT2D eigenvalue weighted by Crippen LogP contribution is 2.35. The number of hydrogen-bond acceptors (Lipinski definition) is 8. The molecule has 23 heavy (non-hydrogen) atoms. The Hall–Kier alpha value is -2.39. The van der Waals surface area contributed by atoms with Gasteiger partial charge in [0, 0.05) is 12.7 Å². The molecule has 0 saturated carbocycles. The normalized spacial score (nSPS) is 12.2. The molecule has 122 valence electrons. The van der Waals surface area contributed by atoms with E-state index in [1.54, 1.807) is 18.2 Å². The zero-order chi connectivity index (χ0) is 16.1. The van der Waals surface area contributed by atoms with Crippen molar-refractivity contribution in [2.24, 2.45) is 0 Å². The van der Waals surface area contributed by atoms with Gasteiger partial charge in [0.15, 0.2) is 18.1 Å². The first-order valence-corrected chi connectivity index (χ1v) is 7.78. The number of nitrogens with one attached hydrogen (secondary N) is 1. The van der Waals surface area contributed by atoms with Gasteiger partial charge in [-0.15, -0.1) is 10.2 Å². The van der Waals surface area contributed by atoms with Crippen LogP contribution in [0.15, 0.2) is 18.2 Å². The molecule has 0 fully saturated rings. The highest BCUT2D eigenvalue weighted by Gasteiger charge is 2.14. The van der Waals surface area contributed by atoms with Crippen molar-refractivity contribution in [3.05, 3.63) is 23.2 Å². The standard InChI is InChI=1S/C14H15N3O5S/c1-2-19-7-13-16-17-14(23-13)15-12(18)6-20-9-3-4-10-11(5-9)22-8-21-10/h3-5H,2,6-8H2,1H3,(H,15,17,18). The third-order valence-electron chi connectivity index (χ3n) is 2.86. The average molecular weight is 337 g/mol. The summed E-state index contributed by atoms with van der Waals surface area (Å²) >= 11 is 1.27. The minimum atomic E-state index is -0.318. The van der Waals surface area contributed by atoms with E-state index in [1.165, 1.54) is 11.3 Å². The van der Waals surface area contributed by atoms with E-state index in [-0.39, 0.29) is 19.3 Å². The van der Waals surface area contributed by atoms with Crippen LogP contribution in [0.1, 0.15) is 11.9 Å². The molecular weight excluding hydrogens is 322 g/mol. The number of hydrogen-bond donors (Lipinski definition) is 1. The lowest BCUT2D eigenvalue weighted by molar-refractivity contribution is -0.118. The molecule has 2 aromatic rings. The van der Waals surface area contributed by atoms with E-state index < -0.39 is 0 Å². The summed E-state index contributed by atoms with van der Waals surface area (Å²) in [7, 11) is 0. The molecule has 0 atom stereocenters. The number of nitrogens with zero attached hydrogens (tertiary/aromatic N) is 2. The summed E-state index contributed by atoms with van der Waals surface area (Å²) in [6, 6.07) is 5.13. The number of benzene rings is 1. The smallest absolute Gasteiger partial charge is 0.264 e. The molecule has 0 radical (unpaired) electrons. The van der Waals surface area contributed by atoms with Crippen molar-refractivity contribution in [1.29, 1.82) is 0 Å². The van der Waals surface area contributed by atoms with E-state index in [0.717, 1.165) is 0 Å². The van der Waals surface area contributed by atoms with Gasteiger partial charge < -0.3 is 18.9 Å². The topological polar surface area (TPSA) is 91.8 Å². The lowest BCUT2D eigenvalue weighted by Gasteiger charge is -2.06. The number of aromatic nitrogens is 2. The number of anilines is 1. The van der Waals surface area contributed by atoms with Crippen LogP contribution < -0.4 is 19.5 Å². The number of ether oxygens (including phenoxy) is 4. The summed E-state index contributed by atoms with van der Waals surface area (Å²) in [4.78, 5) is 11.9. The second-order valence-electron chi connectivity index (χ2n) is 4.49. The predicted molar refractivity (Wildman–Crippen MR) is 81.9 cm³/mol. The molecule has 8 nitrogen and oxygen atoms in total. The number of rotatable bonds is 7. The van der Waals surface area contributed by atoms with Gasteiger partial charge in [-0.3, -0.25) is 10.1 Å². The lowest BCUT2D eigenvalue weighted by atomic mass is 10.3. The van der Waals surface area contributed by atoms with Crippen molar-refractivity contribution in [3.8, 4) is 17.2 Å².